The summed E-state index contributed by atoms with van der Waals surface area (Å²) in [5.74, 6) is -0.177. The lowest BCUT2D eigenvalue weighted by molar-refractivity contribution is 0.104. The molecule has 3 rings (SSSR count). The summed E-state index contributed by atoms with van der Waals surface area (Å²) < 4.78 is 3.34. The van der Waals surface area contributed by atoms with E-state index in [4.69, 9.17) is 0 Å². The summed E-state index contributed by atoms with van der Waals surface area (Å²) in [5.41, 5.74) is 2.81. The smallest absolute Gasteiger partial charge is 0.208 e. The van der Waals surface area contributed by atoms with Crippen LogP contribution in [0.15, 0.2) is 48.8 Å². The number of hydrogen-bond acceptors (Lipinski definition) is 4. The summed E-state index contributed by atoms with van der Waals surface area (Å²) >= 11 is 0. The van der Waals surface area contributed by atoms with Crippen molar-refractivity contribution >= 4 is 11.9 Å². The maximum Gasteiger partial charge on any atom is 0.208 e. The largest absolute Gasteiger partial charge is 0.287 e. The molecule has 22 heavy (non-hydrogen) atoms. The Morgan fingerprint density at radius 1 is 1.23 bits per heavy atom. The van der Waals surface area contributed by atoms with Crippen molar-refractivity contribution in [2.24, 2.45) is 7.05 Å². The fourth-order valence-electron chi connectivity index (χ4n) is 2.15. The number of nitrogens with zero attached hydrogens (tertiary/aromatic N) is 5. The minimum atomic E-state index is -0.177. The average molecular weight is 293 g/mol. The Labute approximate surface area is 127 Å². The van der Waals surface area contributed by atoms with E-state index >= 15 is 0 Å². The molecule has 0 aliphatic heterocycles. The standard InChI is InChI=1S/C16H15N5O/c1-12-16(15(22)9-8-13-10-17-20(2)11-13)18-19-21(12)14-6-4-3-5-7-14/h3-11H,1-2H3/b9-8-. The molecule has 0 saturated heterocycles. The Morgan fingerprint density at radius 3 is 2.68 bits per heavy atom. The van der Waals surface area contributed by atoms with Gasteiger partial charge in [0.05, 0.1) is 17.6 Å². The molecule has 2 heterocycles. The van der Waals surface area contributed by atoms with E-state index in [1.54, 1.807) is 21.6 Å². The summed E-state index contributed by atoms with van der Waals surface area (Å²) in [4.78, 5) is 12.3. The van der Waals surface area contributed by atoms with Crippen LogP contribution in [0.1, 0.15) is 21.7 Å². The maximum atomic E-state index is 12.3. The van der Waals surface area contributed by atoms with Gasteiger partial charge in [0.15, 0.2) is 5.69 Å². The van der Waals surface area contributed by atoms with Gasteiger partial charge in [-0.3, -0.25) is 9.48 Å². The lowest BCUT2D eigenvalue weighted by Crippen LogP contribution is -2.01. The molecule has 110 valence electrons. The van der Waals surface area contributed by atoms with Crippen LogP contribution in [0.25, 0.3) is 11.8 Å². The van der Waals surface area contributed by atoms with Crippen LogP contribution >= 0.6 is 0 Å². The van der Waals surface area contributed by atoms with Gasteiger partial charge in [0.2, 0.25) is 5.78 Å². The van der Waals surface area contributed by atoms with Crippen LogP contribution in [0.4, 0.5) is 0 Å². The number of hydrogen-bond donors (Lipinski definition) is 0. The number of rotatable bonds is 4. The highest BCUT2D eigenvalue weighted by molar-refractivity contribution is 6.06. The molecule has 0 spiro atoms. The van der Waals surface area contributed by atoms with Gasteiger partial charge >= 0.3 is 0 Å². The molecule has 2 aromatic heterocycles. The molecule has 3 aromatic rings. The quantitative estimate of drug-likeness (QED) is 0.546. The average Bonchev–Trinajstić information content (AvgIpc) is 3.12. The van der Waals surface area contributed by atoms with Crippen LogP contribution in [-0.4, -0.2) is 30.6 Å². The summed E-state index contributed by atoms with van der Waals surface area (Å²) in [7, 11) is 1.83. The van der Waals surface area contributed by atoms with E-state index in [1.165, 1.54) is 6.08 Å². The molecule has 0 radical (unpaired) electrons. The molecule has 0 aliphatic carbocycles. The number of carbonyl (C=O) groups excluding carboxylic acids is 1. The fourth-order valence-corrected chi connectivity index (χ4v) is 2.15. The first-order chi connectivity index (χ1) is 10.6. The van der Waals surface area contributed by atoms with Gasteiger partial charge in [-0.05, 0) is 31.2 Å². The number of carbonyl (C=O) groups is 1. The van der Waals surface area contributed by atoms with Gasteiger partial charge in [0.1, 0.15) is 0 Å². The first-order valence-electron chi connectivity index (χ1n) is 6.84. The second-order valence-corrected chi connectivity index (χ2v) is 4.92. The first-order valence-corrected chi connectivity index (χ1v) is 6.84. The van der Waals surface area contributed by atoms with E-state index in [2.05, 4.69) is 15.4 Å². The van der Waals surface area contributed by atoms with E-state index in [0.717, 1.165) is 11.3 Å². The summed E-state index contributed by atoms with van der Waals surface area (Å²) in [6, 6.07) is 9.60. The minimum Gasteiger partial charge on any atom is -0.287 e. The van der Waals surface area contributed by atoms with Gasteiger partial charge in [0, 0.05) is 18.8 Å². The van der Waals surface area contributed by atoms with Crippen LogP contribution in [0.3, 0.4) is 0 Å². The monoisotopic (exact) mass is 293 g/mol. The Bertz CT molecular complexity index is 829. The van der Waals surface area contributed by atoms with Crippen molar-refractivity contribution in [3.8, 4) is 5.69 Å². The molecule has 6 nitrogen and oxygen atoms in total. The zero-order valence-electron chi connectivity index (χ0n) is 12.3. The highest BCUT2D eigenvalue weighted by Crippen LogP contribution is 2.13. The predicted octanol–water partition coefficient (Wildman–Crippen LogP) is 2.21. The number of aromatic nitrogens is 5. The zero-order valence-corrected chi connectivity index (χ0v) is 12.3. The molecule has 6 heteroatoms. The van der Waals surface area contributed by atoms with Crippen molar-refractivity contribution in [2.45, 2.75) is 6.92 Å². The summed E-state index contributed by atoms with van der Waals surface area (Å²) in [6.07, 6.45) is 6.73. The predicted molar refractivity (Wildman–Crippen MR) is 82.7 cm³/mol. The molecular formula is C16H15N5O. The lowest BCUT2D eigenvalue weighted by atomic mass is 10.2. The third-order valence-corrected chi connectivity index (χ3v) is 3.28. The van der Waals surface area contributed by atoms with E-state index in [0.29, 0.717) is 11.4 Å². The molecule has 0 N–H and O–H groups in total. The number of aryl methyl sites for hydroxylation is 1. The lowest BCUT2D eigenvalue weighted by Gasteiger charge is -2.01. The molecule has 0 amide bonds. The highest BCUT2D eigenvalue weighted by atomic mass is 16.1. The van der Waals surface area contributed by atoms with Crippen LogP contribution in [0.2, 0.25) is 0 Å². The van der Waals surface area contributed by atoms with Crippen molar-refractivity contribution < 1.29 is 4.79 Å². The van der Waals surface area contributed by atoms with Crippen molar-refractivity contribution in [1.82, 2.24) is 24.8 Å². The molecule has 0 atom stereocenters. The van der Waals surface area contributed by atoms with Gasteiger partial charge in [0.25, 0.3) is 0 Å². The van der Waals surface area contributed by atoms with Crippen LogP contribution in [0, 0.1) is 6.92 Å². The number of para-hydroxylation sites is 1. The van der Waals surface area contributed by atoms with Crippen molar-refractivity contribution in [3.63, 3.8) is 0 Å². The van der Waals surface area contributed by atoms with Gasteiger partial charge in [-0.1, -0.05) is 23.4 Å². The second-order valence-electron chi connectivity index (χ2n) is 4.92. The molecule has 1 aromatic carbocycles. The van der Waals surface area contributed by atoms with Crippen LogP contribution in [0.5, 0.6) is 0 Å². The molecule has 0 fully saturated rings. The molecule has 0 saturated carbocycles. The third-order valence-electron chi connectivity index (χ3n) is 3.28. The van der Waals surface area contributed by atoms with E-state index < -0.39 is 0 Å². The van der Waals surface area contributed by atoms with Crippen molar-refractivity contribution in [2.75, 3.05) is 0 Å². The Morgan fingerprint density at radius 2 is 2.00 bits per heavy atom. The van der Waals surface area contributed by atoms with Gasteiger partial charge in [-0.15, -0.1) is 5.10 Å². The van der Waals surface area contributed by atoms with E-state index in [-0.39, 0.29) is 5.78 Å². The Kier molecular flexibility index (Phi) is 3.65. The zero-order chi connectivity index (χ0) is 15.5. The van der Waals surface area contributed by atoms with Gasteiger partial charge < -0.3 is 0 Å². The minimum absolute atomic E-state index is 0.177. The number of benzene rings is 1. The molecule has 0 bridgehead atoms. The fraction of sp³-hybridized carbons (Fsp3) is 0.125. The third kappa shape index (κ3) is 2.71. The van der Waals surface area contributed by atoms with E-state index in [9.17, 15) is 4.79 Å². The Balaban J connectivity index is 1.85. The van der Waals surface area contributed by atoms with Crippen molar-refractivity contribution in [3.05, 3.63) is 65.8 Å². The van der Waals surface area contributed by atoms with Gasteiger partial charge in [-0.2, -0.15) is 5.10 Å². The topological polar surface area (TPSA) is 65.6 Å². The SMILES string of the molecule is Cc1c(C(=O)/C=C\c2cnn(C)c2)nnn1-c1ccccc1. The molecule has 0 aliphatic rings. The number of ketones is 1. The van der Waals surface area contributed by atoms with Gasteiger partial charge in [-0.25, -0.2) is 4.68 Å². The first kappa shape index (κ1) is 13.9. The molecule has 0 unspecified atom stereocenters. The second kappa shape index (κ2) is 5.77. The summed E-state index contributed by atoms with van der Waals surface area (Å²) in [6.45, 7) is 1.83. The maximum absolute atomic E-state index is 12.3. The molecular weight excluding hydrogens is 278 g/mol. The number of allylic oxidation sites excluding steroid dienone is 1. The van der Waals surface area contributed by atoms with Crippen LogP contribution < -0.4 is 0 Å². The summed E-state index contributed by atoms with van der Waals surface area (Å²) in [5, 5.41) is 12.1. The normalized spacial score (nSPS) is 11.2. The highest BCUT2D eigenvalue weighted by Gasteiger charge is 2.15. The Hall–Kier alpha value is -3.02. The van der Waals surface area contributed by atoms with Crippen molar-refractivity contribution in [1.29, 1.82) is 0 Å². The van der Waals surface area contributed by atoms with E-state index in [1.807, 2.05) is 50.5 Å². The van der Waals surface area contributed by atoms with Crippen LogP contribution in [-0.2, 0) is 7.05 Å².